The van der Waals surface area contributed by atoms with E-state index in [1.165, 1.54) is 0 Å². The fraction of sp³-hybridized carbons (Fsp3) is 1.00. The van der Waals surface area contributed by atoms with E-state index >= 15 is 0 Å². The highest BCUT2D eigenvalue weighted by Gasteiger charge is 2.43. The van der Waals surface area contributed by atoms with Gasteiger partial charge in [-0.1, -0.05) is 6.92 Å². The highest BCUT2D eigenvalue weighted by atomic mass is 35.5. The van der Waals surface area contributed by atoms with Gasteiger partial charge in [-0.2, -0.15) is 13.2 Å². The second-order valence-corrected chi connectivity index (χ2v) is 2.85. The van der Waals surface area contributed by atoms with Crippen molar-refractivity contribution in [2.45, 2.75) is 31.7 Å². The van der Waals surface area contributed by atoms with E-state index in [1.54, 1.807) is 0 Å². The highest BCUT2D eigenvalue weighted by molar-refractivity contribution is 5.85. The van der Waals surface area contributed by atoms with E-state index in [2.05, 4.69) is 5.32 Å². The second-order valence-electron chi connectivity index (χ2n) is 2.85. The Kier molecular flexibility index (Phi) is 5.02. The van der Waals surface area contributed by atoms with E-state index in [4.69, 9.17) is 4.74 Å². The summed E-state index contributed by atoms with van der Waals surface area (Å²) in [5, 5.41) is 2.70. The number of morpholine rings is 1. The molecule has 80 valence electrons. The third-order valence-corrected chi connectivity index (χ3v) is 1.88. The average Bonchev–Trinajstić information content (AvgIpc) is 2.03. The van der Waals surface area contributed by atoms with Crippen molar-refractivity contribution in [1.29, 1.82) is 0 Å². The van der Waals surface area contributed by atoms with Gasteiger partial charge in [-0.3, -0.25) is 0 Å². The topological polar surface area (TPSA) is 21.3 Å². The monoisotopic (exact) mass is 219 g/mol. The summed E-state index contributed by atoms with van der Waals surface area (Å²) in [5.74, 6) is 0. The molecular weight excluding hydrogens is 207 g/mol. The Hall–Kier alpha value is 0. The molecule has 2 atom stereocenters. The maximum Gasteiger partial charge on any atom is 0.415 e. The third kappa shape index (κ3) is 3.70. The Labute approximate surface area is 81.2 Å². The van der Waals surface area contributed by atoms with Crippen LogP contribution >= 0.6 is 12.4 Å². The van der Waals surface area contributed by atoms with Crippen LogP contribution in [0.3, 0.4) is 0 Å². The Morgan fingerprint density at radius 2 is 2.00 bits per heavy atom. The molecule has 0 bridgehead atoms. The van der Waals surface area contributed by atoms with Crippen LogP contribution < -0.4 is 5.32 Å². The standard InChI is InChI=1S/C7H12F3NO.ClH/c1-2-5-3-11-4-6(12-5)7(8,9)10;/h5-6,11H,2-4H2,1H3;1H. The fourth-order valence-corrected chi connectivity index (χ4v) is 1.14. The highest BCUT2D eigenvalue weighted by Crippen LogP contribution is 2.25. The third-order valence-electron chi connectivity index (χ3n) is 1.88. The van der Waals surface area contributed by atoms with Crippen LogP contribution in [-0.4, -0.2) is 31.5 Å². The molecule has 1 rings (SSSR count). The first-order valence-corrected chi connectivity index (χ1v) is 3.97. The number of nitrogens with one attached hydrogen (secondary N) is 1. The van der Waals surface area contributed by atoms with Crippen molar-refractivity contribution < 1.29 is 17.9 Å². The summed E-state index contributed by atoms with van der Waals surface area (Å²) >= 11 is 0. The first-order chi connectivity index (χ1) is 5.54. The number of halogens is 4. The Morgan fingerprint density at radius 3 is 2.46 bits per heavy atom. The van der Waals surface area contributed by atoms with Crippen LogP contribution in [0.25, 0.3) is 0 Å². The first kappa shape index (κ1) is 13.0. The molecule has 1 fully saturated rings. The number of hydrogen-bond donors (Lipinski definition) is 1. The Balaban J connectivity index is 0.00000144. The van der Waals surface area contributed by atoms with Crippen molar-refractivity contribution in [3.05, 3.63) is 0 Å². The summed E-state index contributed by atoms with van der Waals surface area (Å²) in [4.78, 5) is 0. The molecule has 0 radical (unpaired) electrons. The normalized spacial score (nSPS) is 29.5. The van der Waals surface area contributed by atoms with Crippen molar-refractivity contribution in [2.75, 3.05) is 13.1 Å². The van der Waals surface area contributed by atoms with Crippen LogP contribution in [0, 0.1) is 0 Å². The molecule has 1 N–H and O–H groups in total. The van der Waals surface area contributed by atoms with Crippen LogP contribution in [0.2, 0.25) is 0 Å². The fourth-order valence-electron chi connectivity index (χ4n) is 1.14. The van der Waals surface area contributed by atoms with Gasteiger partial charge < -0.3 is 10.1 Å². The van der Waals surface area contributed by atoms with E-state index < -0.39 is 12.3 Å². The minimum absolute atomic E-state index is 0. The van der Waals surface area contributed by atoms with Crippen molar-refractivity contribution in [1.82, 2.24) is 5.32 Å². The lowest BCUT2D eigenvalue weighted by atomic mass is 10.2. The van der Waals surface area contributed by atoms with Gasteiger partial charge in [0, 0.05) is 13.1 Å². The molecule has 1 heterocycles. The minimum Gasteiger partial charge on any atom is -0.363 e. The summed E-state index contributed by atoms with van der Waals surface area (Å²) < 4.78 is 41.1. The molecule has 0 aromatic carbocycles. The Morgan fingerprint density at radius 1 is 1.38 bits per heavy atom. The molecule has 6 heteroatoms. The molecule has 0 aromatic rings. The summed E-state index contributed by atoms with van der Waals surface area (Å²) in [6.07, 6.45) is -5.55. The number of rotatable bonds is 1. The number of ether oxygens (including phenoxy) is 1. The molecule has 0 aliphatic carbocycles. The van der Waals surface area contributed by atoms with E-state index in [0.29, 0.717) is 13.0 Å². The summed E-state index contributed by atoms with van der Waals surface area (Å²) in [6.45, 7) is 2.20. The van der Waals surface area contributed by atoms with Crippen LogP contribution in [0.5, 0.6) is 0 Å². The Bertz CT molecular complexity index is 153. The van der Waals surface area contributed by atoms with E-state index in [1.807, 2.05) is 6.92 Å². The zero-order valence-corrected chi connectivity index (χ0v) is 8.04. The second kappa shape index (κ2) is 5.02. The zero-order valence-electron chi connectivity index (χ0n) is 7.23. The van der Waals surface area contributed by atoms with Crippen molar-refractivity contribution in [3.63, 3.8) is 0 Å². The molecule has 13 heavy (non-hydrogen) atoms. The van der Waals surface area contributed by atoms with E-state index in [-0.39, 0.29) is 25.1 Å². The molecule has 2 unspecified atom stereocenters. The predicted octanol–water partition coefficient (Wildman–Crippen LogP) is 1.74. The van der Waals surface area contributed by atoms with Crippen LogP contribution in [0.15, 0.2) is 0 Å². The first-order valence-electron chi connectivity index (χ1n) is 3.97. The van der Waals surface area contributed by atoms with Crippen LogP contribution in [0.1, 0.15) is 13.3 Å². The van der Waals surface area contributed by atoms with Gasteiger partial charge in [0.15, 0.2) is 6.10 Å². The maximum atomic E-state index is 12.1. The predicted molar refractivity (Wildman–Crippen MR) is 45.1 cm³/mol. The quantitative estimate of drug-likeness (QED) is 0.726. The smallest absolute Gasteiger partial charge is 0.363 e. The van der Waals surface area contributed by atoms with Gasteiger partial charge in [0.1, 0.15) is 0 Å². The summed E-state index contributed by atoms with van der Waals surface area (Å²) in [5.41, 5.74) is 0. The van der Waals surface area contributed by atoms with Crippen molar-refractivity contribution in [2.24, 2.45) is 0 Å². The van der Waals surface area contributed by atoms with Crippen molar-refractivity contribution in [3.8, 4) is 0 Å². The lowest BCUT2D eigenvalue weighted by molar-refractivity contribution is -0.239. The van der Waals surface area contributed by atoms with Gasteiger partial charge in [0.05, 0.1) is 6.10 Å². The van der Waals surface area contributed by atoms with Crippen LogP contribution in [-0.2, 0) is 4.74 Å². The lowest BCUT2D eigenvalue weighted by Gasteiger charge is -2.31. The molecule has 0 aromatic heterocycles. The van der Waals surface area contributed by atoms with Gasteiger partial charge in [0.25, 0.3) is 0 Å². The molecule has 1 aliphatic heterocycles. The summed E-state index contributed by atoms with van der Waals surface area (Å²) in [7, 11) is 0. The van der Waals surface area contributed by atoms with Gasteiger partial charge in [-0.25, -0.2) is 0 Å². The van der Waals surface area contributed by atoms with Gasteiger partial charge >= 0.3 is 6.18 Å². The molecule has 0 saturated carbocycles. The van der Waals surface area contributed by atoms with E-state index in [9.17, 15) is 13.2 Å². The molecule has 1 aliphatic rings. The molecule has 0 amide bonds. The molecular formula is C7H13ClF3NO. The molecule has 2 nitrogen and oxygen atoms in total. The van der Waals surface area contributed by atoms with Gasteiger partial charge in [0.2, 0.25) is 0 Å². The summed E-state index contributed by atoms with van der Waals surface area (Å²) in [6, 6.07) is 0. The SMILES string of the molecule is CCC1CNCC(C(F)(F)F)O1.Cl. The molecule has 0 spiro atoms. The maximum absolute atomic E-state index is 12.1. The zero-order chi connectivity index (χ0) is 9.19. The number of hydrogen-bond acceptors (Lipinski definition) is 2. The molecule has 1 saturated heterocycles. The van der Waals surface area contributed by atoms with Gasteiger partial charge in [-0.05, 0) is 6.42 Å². The lowest BCUT2D eigenvalue weighted by Crippen LogP contribution is -2.50. The van der Waals surface area contributed by atoms with Gasteiger partial charge in [-0.15, -0.1) is 12.4 Å². The van der Waals surface area contributed by atoms with Crippen molar-refractivity contribution >= 4 is 12.4 Å². The number of alkyl halides is 3. The average molecular weight is 220 g/mol. The van der Waals surface area contributed by atoms with Crippen LogP contribution in [0.4, 0.5) is 13.2 Å². The largest absolute Gasteiger partial charge is 0.415 e. The van der Waals surface area contributed by atoms with E-state index in [0.717, 1.165) is 0 Å². The minimum atomic E-state index is -4.24.